The molecule has 1 aliphatic heterocycles. The Morgan fingerprint density at radius 1 is 1.48 bits per heavy atom. The third-order valence-corrected chi connectivity index (χ3v) is 3.76. The second-order valence-electron chi connectivity index (χ2n) is 5.35. The second kappa shape index (κ2) is 7.64. The van der Waals surface area contributed by atoms with Crippen LogP contribution in [0.4, 0.5) is 0 Å². The minimum atomic E-state index is -1.04. The smallest absolute Gasteiger partial charge is 0.325 e. The fraction of sp³-hybridized carbons (Fsp3) is 0.643. The van der Waals surface area contributed by atoms with Crippen LogP contribution >= 0.6 is 0 Å². The van der Waals surface area contributed by atoms with Gasteiger partial charge in [-0.2, -0.15) is 5.26 Å². The van der Waals surface area contributed by atoms with E-state index in [1.165, 1.54) is 13.1 Å². The number of nitrogens with zero attached hydrogens (tertiary/aromatic N) is 3. The Morgan fingerprint density at radius 3 is 2.52 bits per heavy atom. The summed E-state index contributed by atoms with van der Waals surface area (Å²) in [7, 11) is 3.72. The number of carboxylic acid groups (broad SMARTS) is 1. The number of nitrogens with one attached hydrogen (secondary N) is 1. The molecule has 1 atom stereocenters. The van der Waals surface area contributed by atoms with Gasteiger partial charge in [0.15, 0.2) is 0 Å². The Hall–Kier alpha value is -2.07. The monoisotopic (exact) mass is 294 g/mol. The summed E-state index contributed by atoms with van der Waals surface area (Å²) in [6, 6.07) is 1.09. The van der Waals surface area contributed by atoms with E-state index < -0.39 is 12.0 Å². The van der Waals surface area contributed by atoms with Gasteiger partial charge in [-0.05, 0) is 39.9 Å². The molecule has 7 heteroatoms. The Kier molecular flexibility index (Phi) is 6.18. The van der Waals surface area contributed by atoms with Crippen LogP contribution in [0.25, 0.3) is 0 Å². The van der Waals surface area contributed by atoms with Crippen LogP contribution in [0.15, 0.2) is 11.8 Å². The standard InChI is InChI=1S/C14H22N4O3/c1-10(14(20)21)16-9-11(8-15)13(19)18(3)12-4-6-17(2)7-5-12/h9-10,12,16H,4-7H2,1-3H3,(H,20,21)/b11-9-. The van der Waals surface area contributed by atoms with Crippen LogP contribution in [0.5, 0.6) is 0 Å². The number of carbonyl (C=O) groups is 2. The van der Waals surface area contributed by atoms with E-state index in [-0.39, 0.29) is 17.5 Å². The number of amides is 1. The average molecular weight is 294 g/mol. The zero-order valence-electron chi connectivity index (χ0n) is 12.7. The Morgan fingerprint density at radius 2 is 2.05 bits per heavy atom. The molecule has 0 radical (unpaired) electrons. The van der Waals surface area contributed by atoms with Crippen LogP contribution < -0.4 is 5.32 Å². The molecule has 1 rings (SSSR count). The fourth-order valence-corrected chi connectivity index (χ4v) is 2.16. The normalized spacial score (nSPS) is 18.7. The molecule has 0 spiro atoms. The largest absolute Gasteiger partial charge is 0.480 e. The summed E-state index contributed by atoms with van der Waals surface area (Å²) in [5.74, 6) is -1.42. The summed E-state index contributed by atoms with van der Waals surface area (Å²) >= 11 is 0. The number of hydrogen-bond donors (Lipinski definition) is 2. The molecular weight excluding hydrogens is 272 g/mol. The van der Waals surface area contributed by atoms with Gasteiger partial charge in [0.05, 0.1) is 0 Å². The quantitative estimate of drug-likeness (QED) is 0.547. The van der Waals surface area contributed by atoms with Gasteiger partial charge in [0.25, 0.3) is 5.91 Å². The van der Waals surface area contributed by atoms with E-state index in [2.05, 4.69) is 10.2 Å². The first-order valence-corrected chi connectivity index (χ1v) is 6.91. The lowest BCUT2D eigenvalue weighted by Crippen LogP contribution is -2.45. The van der Waals surface area contributed by atoms with Gasteiger partial charge in [0.2, 0.25) is 0 Å². The first kappa shape index (κ1) is 17.0. The molecule has 1 unspecified atom stereocenters. The van der Waals surface area contributed by atoms with Gasteiger partial charge in [0, 0.05) is 19.3 Å². The molecule has 0 aromatic heterocycles. The number of likely N-dealkylation sites (N-methyl/N-ethyl adjacent to an activating group) is 1. The van der Waals surface area contributed by atoms with E-state index in [0.29, 0.717) is 0 Å². The lowest BCUT2D eigenvalue weighted by atomic mass is 10.0. The molecule has 21 heavy (non-hydrogen) atoms. The summed E-state index contributed by atoms with van der Waals surface area (Å²) in [4.78, 5) is 26.8. The molecule has 1 fully saturated rings. The molecule has 0 bridgehead atoms. The van der Waals surface area contributed by atoms with Gasteiger partial charge >= 0.3 is 5.97 Å². The first-order valence-electron chi connectivity index (χ1n) is 6.91. The van der Waals surface area contributed by atoms with Gasteiger partial charge in [-0.1, -0.05) is 0 Å². The highest BCUT2D eigenvalue weighted by Crippen LogP contribution is 2.15. The van der Waals surface area contributed by atoms with Crippen molar-refractivity contribution in [1.82, 2.24) is 15.1 Å². The lowest BCUT2D eigenvalue weighted by Gasteiger charge is -2.35. The van der Waals surface area contributed by atoms with Gasteiger partial charge < -0.3 is 20.2 Å². The van der Waals surface area contributed by atoms with Crippen molar-refractivity contribution in [2.75, 3.05) is 27.2 Å². The zero-order chi connectivity index (χ0) is 16.0. The van der Waals surface area contributed by atoms with Gasteiger partial charge in [-0.15, -0.1) is 0 Å². The van der Waals surface area contributed by atoms with Crippen molar-refractivity contribution in [1.29, 1.82) is 5.26 Å². The summed E-state index contributed by atoms with van der Waals surface area (Å²) in [5.41, 5.74) is -0.0791. The second-order valence-corrected chi connectivity index (χ2v) is 5.35. The topological polar surface area (TPSA) is 96.7 Å². The van der Waals surface area contributed by atoms with Gasteiger partial charge in [0.1, 0.15) is 17.7 Å². The molecule has 1 heterocycles. The third-order valence-electron chi connectivity index (χ3n) is 3.76. The molecule has 116 valence electrons. The van der Waals surface area contributed by atoms with Crippen LogP contribution in [0.3, 0.4) is 0 Å². The molecule has 1 saturated heterocycles. The SMILES string of the molecule is CC(N/C=C(/C#N)C(=O)N(C)C1CCN(C)CC1)C(=O)O. The van der Waals surface area contributed by atoms with Crippen molar-refractivity contribution in [2.45, 2.75) is 31.8 Å². The maximum atomic E-state index is 12.3. The van der Waals surface area contributed by atoms with Crippen molar-refractivity contribution in [3.8, 4) is 6.07 Å². The third kappa shape index (κ3) is 4.76. The zero-order valence-corrected chi connectivity index (χ0v) is 12.7. The minimum absolute atomic E-state index is 0.0791. The number of rotatable bonds is 5. The van der Waals surface area contributed by atoms with E-state index in [4.69, 9.17) is 10.4 Å². The molecule has 1 aliphatic rings. The number of hydrogen-bond acceptors (Lipinski definition) is 5. The van der Waals surface area contributed by atoms with Crippen LogP contribution in [0, 0.1) is 11.3 Å². The Labute approximate surface area is 124 Å². The van der Waals surface area contributed by atoms with Gasteiger partial charge in [-0.25, -0.2) is 0 Å². The van der Waals surface area contributed by atoms with E-state index >= 15 is 0 Å². The maximum Gasteiger partial charge on any atom is 0.325 e. The molecule has 7 nitrogen and oxygen atoms in total. The van der Waals surface area contributed by atoms with E-state index in [1.807, 2.05) is 13.1 Å². The molecule has 1 amide bonds. The number of carbonyl (C=O) groups excluding carboxylic acids is 1. The van der Waals surface area contributed by atoms with Crippen molar-refractivity contribution < 1.29 is 14.7 Å². The highest BCUT2D eigenvalue weighted by molar-refractivity contribution is 5.97. The Bertz CT molecular complexity index is 461. The van der Waals surface area contributed by atoms with Crippen molar-refractivity contribution >= 4 is 11.9 Å². The molecule has 0 saturated carbocycles. The number of piperidine rings is 1. The van der Waals surface area contributed by atoms with E-state index in [9.17, 15) is 9.59 Å². The summed E-state index contributed by atoms with van der Waals surface area (Å²) in [6.45, 7) is 3.28. The maximum absolute atomic E-state index is 12.3. The highest BCUT2D eigenvalue weighted by Gasteiger charge is 2.26. The van der Waals surface area contributed by atoms with Crippen molar-refractivity contribution in [3.63, 3.8) is 0 Å². The lowest BCUT2D eigenvalue weighted by molar-refractivity contribution is -0.138. The predicted octanol–water partition coefficient (Wildman–Crippen LogP) is 0.00918. The number of carboxylic acids is 1. The number of likely N-dealkylation sites (tertiary alicyclic amines) is 1. The first-order chi connectivity index (χ1) is 9.86. The molecule has 0 aromatic rings. The van der Waals surface area contributed by atoms with Crippen LogP contribution in [-0.2, 0) is 9.59 Å². The summed E-state index contributed by atoms with van der Waals surface area (Å²) in [5, 5.41) is 20.4. The molecular formula is C14H22N4O3. The van der Waals surface area contributed by atoms with Crippen molar-refractivity contribution in [2.24, 2.45) is 0 Å². The summed E-state index contributed by atoms with van der Waals surface area (Å²) < 4.78 is 0. The van der Waals surface area contributed by atoms with E-state index in [1.54, 1.807) is 11.9 Å². The molecule has 0 aromatic carbocycles. The summed E-state index contributed by atoms with van der Waals surface area (Å²) in [6.07, 6.45) is 2.93. The van der Waals surface area contributed by atoms with Crippen LogP contribution in [0.1, 0.15) is 19.8 Å². The Balaban J connectivity index is 2.68. The average Bonchev–Trinajstić information content (AvgIpc) is 2.47. The molecule has 2 N–H and O–H groups in total. The highest BCUT2D eigenvalue weighted by atomic mass is 16.4. The minimum Gasteiger partial charge on any atom is -0.480 e. The van der Waals surface area contributed by atoms with Crippen LogP contribution in [-0.4, -0.2) is 66.1 Å². The molecule has 0 aliphatic carbocycles. The predicted molar refractivity (Wildman–Crippen MR) is 77.2 cm³/mol. The fourth-order valence-electron chi connectivity index (χ4n) is 2.16. The van der Waals surface area contributed by atoms with Gasteiger partial charge in [-0.3, -0.25) is 9.59 Å². The number of aliphatic carboxylic acids is 1. The van der Waals surface area contributed by atoms with E-state index in [0.717, 1.165) is 25.9 Å². The van der Waals surface area contributed by atoms with Crippen LogP contribution in [0.2, 0.25) is 0 Å². The van der Waals surface area contributed by atoms with Crippen molar-refractivity contribution in [3.05, 3.63) is 11.8 Å². The number of nitriles is 1.